The summed E-state index contributed by atoms with van der Waals surface area (Å²) in [6.45, 7) is 1.94. The monoisotopic (exact) mass is 220 g/mol. The molecule has 0 bridgehead atoms. The Morgan fingerprint density at radius 3 is 2.56 bits per heavy atom. The molecule has 2 N–H and O–H groups in total. The van der Waals surface area contributed by atoms with Crippen LogP contribution in [0.5, 0.6) is 5.75 Å². The molecule has 1 aromatic carbocycles. The molecule has 2 rings (SSSR count). The van der Waals surface area contributed by atoms with Gasteiger partial charge in [0.05, 0.1) is 13.3 Å². The Morgan fingerprint density at radius 1 is 1.31 bits per heavy atom. The van der Waals surface area contributed by atoms with Gasteiger partial charge in [0.2, 0.25) is 5.91 Å². The first-order valence-corrected chi connectivity index (χ1v) is 5.38. The summed E-state index contributed by atoms with van der Waals surface area (Å²) in [5, 5.41) is 6.15. The number of carbonyl (C=O) groups is 1. The van der Waals surface area contributed by atoms with Crippen molar-refractivity contribution in [1.29, 1.82) is 0 Å². The van der Waals surface area contributed by atoms with Crippen LogP contribution in [0.25, 0.3) is 0 Å². The van der Waals surface area contributed by atoms with Crippen LogP contribution in [-0.2, 0) is 4.79 Å². The van der Waals surface area contributed by atoms with E-state index in [2.05, 4.69) is 10.6 Å². The van der Waals surface area contributed by atoms with Crippen molar-refractivity contribution in [3.63, 3.8) is 0 Å². The second-order valence-corrected chi connectivity index (χ2v) is 3.99. The topological polar surface area (TPSA) is 50.4 Å². The zero-order valence-corrected chi connectivity index (χ0v) is 9.49. The number of nitrogens with one attached hydrogen (secondary N) is 2. The minimum Gasteiger partial charge on any atom is -0.497 e. The fourth-order valence-corrected chi connectivity index (χ4v) is 1.94. The highest BCUT2D eigenvalue weighted by molar-refractivity contribution is 5.77. The highest BCUT2D eigenvalue weighted by Gasteiger charge is 2.23. The maximum absolute atomic E-state index is 11.4. The molecule has 4 heteroatoms. The molecule has 0 saturated carbocycles. The van der Waals surface area contributed by atoms with E-state index in [4.69, 9.17) is 4.74 Å². The fourth-order valence-electron chi connectivity index (χ4n) is 1.94. The van der Waals surface area contributed by atoms with E-state index >= 15 is 0 Å². The lowest BCUT2D eigenvalue weighted by Gasteiger charge is -2.29. The second kappa shape index (κ2) is 4.53. The van der Waals surface area contributed by atoms with Crippen molar-refractivity contribution in [2.45, 2.75) is 25.6 Å². The van der Waals surface area contributed by atoms with Crippen LogP contribution in [0.1, 0.15) is 24.9 Å². The zero-order valence-electron chi connectivity index (χ0n) is 9.49. The average molecular weight is 220 g/mol. The molecular weight excluding hydrogens is 204 g/mol. The Morgan fingerprint density at radius 2 is 2.00 bits per heavy atom. The van der Waals surface area contributed by atoms with Crippen LogP contribution < -0.4 is 15.4 Å². The maximum atomic E-state index is 11.4. The van der Waals surface area contributed by atoms with E-state index in [1.54, 1.807) is 7.11 Å². The van der Waals surface area contributed by atoms with E-state index < -0.39 is 0 Å². The number of ether oxygens (including phenoxy) is 1. The number of hydrogen-bond acceptors (Lipinski definition) is 3. The van der Waals surface area contributed by atoms with Crippen LogP contribution in [0, 0.1) is 0 Å². The molecule has 1 aliphatic rings. The summed E-state index contributed by atoms with van der Waals surface area (Å²) in [4.78, 5) is 11.4. The lowest BCUT2D eigenvalue weighted by Crippen LogP contribution is -2.50. The smallest absolute Gasteiger partial charge is 0.223 e. The third kappa shape index (κ3) is 2.33. The van der Waals surface area contributed by atoms with Crippen molar-refractivity contribution < 1.29 is 9.53 Å². The zero-order chi connectivity index (χ0) is 11.5. The predicted molar refractivity (Wildman–Crippen MR) is 61.1 cm³/mol. The summed E-state index contributed by atoms with van der Waals surface area (Å²) < 4.78 is 5.10. The van der Waals surface area contributed by atoms with E-state index in [1.165, 1.54) is 0 Å². The van der Waals surface area contributed by atoms with E-state index in [-0.39, 0.29) is 18.1 Å². The van der Waals surface area contributed by atoms with Gasteiger partial charge in [-0.15, -0.1) is 0 Å². The largest absolute Gasteiger partial charge is 0.497 e. The second-order valence-electron chi connectivity index (χ2n) is 3.99. The van der Waals surface area contributed by atoms with Gasteiger partial charge in [-0.2, -0.15) is 0 Å². The van der Waals surface area contributed by atoms with Gasteiger partial charge in [0.15, 0.2) is 0 Å². The summed E-state index contributed by atoms with van der Waals surface area (Å²) >= 11 is 0. The van der Waals surface area contributed by atoms with Gasteiger partial charge >= 0.3 is 0 Å². The lowest BCUT2D eigenvalue weighted by atomic mass is 10.0. The van der Waals surface area contributed by atoms with Crippen LogP contribution in [0.3, 0.4) is 0 Å². The molecule has 1 saturated heterocycles. The molecule has 16 heavy (non-hydrogen) atoms. The van der Waals surface area contributed by atoms with Crippen LogP contribution in [-0.4, -0.2) is 19.2 Å². The summed E-state index contributed by atoms with van der Waals surface area (Å²) in [6, 6.07) is 7.89. The van der Waals surface area contributed by atoms with Crippen molar-refractivity contribution in [1.82, 2.24) is 10.6 Å². The predicted octanol–water partition coefficient (Wildman–Crippen LogP) is 1.19. The van der Waals surface area contributed by atoms with Gasteiger partial charge in [0.25, 0.3) is 0 Å². The van der Waals surface area contributed by atoms with Crippen LogP contribution in [0.15, 0.2) is 24.3 Å². The summed E-state index contributed by atoms with van der Waals surface area (Å²) in [6.07, 6.45) is 0.504. The average Bonchev–Trinajstić information content (AvgIpc) is 2.28. The number of hydrogen-bond donors (Lipinski definition) is 2. The molecule has 86 valence electrons. The van der Waals surface area contributed by atoms with E-state index in [0.717, 1.165) is 11.3 Å². The Hall–Kier alpha value is -1.55. The van der Waals surface area contributed by atoms with Crippen LogP contribution in [0.4, 0.5) is 0 Å². The Kier molecular flexibility index (Phi) is 3.10. The standard InChI is InChI=1S/C12H16N2O2/c1-8-13-11(7-12(15)14-8)9-3-5-10(16-2)6-4-9/h3-6,8,11,13H,7H2,1-2H3,(H,14,15). The molecule has 0 aromatic heterocycles. The molecule has 1 amide bonds. The maximum Gasteiger partial charge on any atom is 0.223 e. The van der Waals surface area contributed by atoms with Gasteiger partial charge in [0, 0.05) is 12.5 Å². The summed E-state index contributed by atoms with van der Waals surface area (Å²) in [7, 11) is 1.64. The van der Waals surface area contributed by atoms with Gasteiger partial charge in [-0.05, 0) is 24.6 Å². The minimum absolute atomic E-state index is 0.0216. The molecule has 2 unspecified atom stereocenters. The first-order chi connectivity index (χ1) is 7.69. The molecule has 1 fully saturated rings. The molecule has 4 nitrogen and oxygen atoms in total. The van der Waals surface area contributed by atoms with E-state index in [9.17, 15) is 4.79 Å². The molecule has 1 aliphatic heterocycles. The van der Waals surface area contributed by atoms with Crippen LogP contribution >= 0.6 is 0 Å². The highest BCUT2D eigenvalue weighted by atomic mass is 16.5. The number of rotatable bonds is 2. The molecule has 2 atom stereocenters. The number of carbonyl (C=O) groups excluding carboxylic acids is 1. The van der Waals surface area contributed by atoms with Crippen molar-refractivity contribution in [3.8, 4) is 5.75 Å². The van der Waals surface area contributed by atoms with E-state index in [1.807, 2.05) is 31.2 Å². The summed E-state index contributed by atoms with van der Waals surface area (Å²) in [5.74, 6) is 0.920. The third-order valence-corrected chi connectivity index (χ3v) is 2.74. The Balaban J connectivity index is 2.13. The summed E-state index contributed by atoms with van der Waals surface area (Å²) in [5.41, 5.74) is 1.11. The van der Waals surface area contributed by atoms with Crippen molar-refractivity contribution >= 4 is 5.91 Å². The normalized spacial score (nSPS) is 25.0. The van der Waals surface area contributed by atoms with E-state index in [0.29, 0.717) is 6.42 Å². The van der Waals surface area contributed by atoms with Crippen molar-refractivity contribution in [2.24, 2.45) is 0 Å². The Labute approximate surface area is 95.0 Å². The first kappa shape index (κ1) is 11.0. The molecule has 0 aliphatic carbocycles. The van der Waals surface area contributed by atoms with Gasteiger partial charge in [-0.3, -0.25) is 10.1 Å². The molecule has 0 spiro atoms. The van der Waals surface area contributed by atoms with Crippen LogP contribution in [0.2, 0.25) is 0 Å². The molecular formula is C12H16N2O2. The molecule has 1 heterocycles. The van der Waals surface area contributed by atoms with Crippen molar-refractivity contribution in [2.75, 3.05) is 7.11 Å². The minimum atomic E-state index is 0.0216. The fraction of sp³-hybridized carbons (Fsp3) is 0.417. The Bertz CT molecular complexity index is 375. The van der Waals surface area contributed by atoms with Gasteiger partial charge in [-0.1, -0.05) is 12.1 Å². The quantitative estimate of drug-likeness (QED) is 0.787. The molecule has 1 aromatic rings. The lowest BCUT2D eigenvalue weighted by molar-refractivity contribution is -0.124. The van der Waals surface area contributed by atoms with Gasteiger partial charge < -0.3 is 10.1 Å². The first-order valence-electron chi connectivity index (χ1n) is 5.38. The third-order valence-electron chi connectivity index (χ3n) is 2.74. The number of benzene rings is 1. The van der Waals surface area contributed by atoms with Gasteiger partial charge in [0.1, 0.15) is 5.75 Å². The number of amides is 1. The highest BCUT2D eigenvalue weighted by Crippen LogP contribution is 2.22. The van der Waals surface area contributed by atoms with Crippen molar-refractivity contribution in [3.05, 3.63) is 29.8 Å². The van der Waals surface area contributed by atoms with Gasteiger partial charge in [-0.25, -0.2) is 0 Å². The molecule has 0 radical (unpaired) electrons. The SMILES string of the molecule is COc1ccc(C2CC(=O)NC(C)N2)cc1. The number of methoxy groups -OCH3 is 1.